The third kappa shape index (κ3) is 5.81. The SMILES string of the molecule is CC(=O)N1CCC(CC(=O)N2CCN(C(c3ccc(Cl)cc3)c3nccs3)C[C@@H]2C(C)C)CC1. The molecule has 0 radical (unpaired) electrons. The number of thiazole rings is 1. The molecule has 4 rings (SSSR count). The van der Waals surface area contributed by atoms with E-state index in [0.717, 1.165) is 55.6 Å². The van der Waals surface area contributed by atoms with Crippen molar-refractivity contribution in [2.75, 3.05) is 32.7 Å². The van der Waals surface area contributed by atoms with E-state index in [4.69, 9.17) is 11.6 Å². The van der Waals surface area contributed by atoms with E-state index in [2.05, 4.69) is 40.8 Å². The molecule has 0 saturated carbocycles. The predicted octanol–water partition coefficient (Wildman–Crippen LogP) is 4.70. The van der Waals surface area contributed by atoms with Crippen LogP contribution in [0.3, 0.4) is 0 Å². The summed E-state index contributed by atoms with van der Waals surface area (Å²) < 4.78 is 0. The van der Waals surface area contributed by atoms with Crippen LogP contribution in [0.4, 0.5) is 0 Å². The van der Waals surface area contributed by atoms with Crippen LogP contribution < -0.4 is 0 Å². The van der Waals surface area contributed by atoms with Crippen molar-refractivity contribution in [1.82, 2.24) is 19.7 Å². The van der Waals surface area contributed by atoms with E-state index >= 15 is 0 Å². The highest BCUT2D eigenvalue weighted by molar-refractivity contribution is 7.09. The predicted molar refractivity (Wildman–Crippen MR) is 137 cm³/mol. The molecule has 0 aliphatic carbocycles. The average Bonchev–Trinajstić information content (AvgIpc) is 3.35. The van der Waals surface area contributed by atoms with Gasteiger partial charge in [-0.3, -0.25) is 14.5 Å². The van der Waals surface area contributed by atoms with Crippen molar-refractivity contribution >= 4 is 34.8 Å². The quantitative estimate of drug-likeness (QED) is 0.574. The topological polar surface area (TPSA) is 56.8 Å². The van der Waals surface area contributed by atoms with Gasteiger partial charge in [0.15, 0.2) is 0 Å². The number of likely N-dealkylation sites (tertiary alicyclic amines) is 1. The van der Waals surface area contributed by atoms with Crippen LogP contribution in [0, 0.1) is 11.8 Å². The van der Waals surface area contributed by atoms with E-state index in [1.54, 1.807) is 18.3 Å². The Balaban J connectivity index is 1.46. The van der Waals surface area contributed by atoms with Crippen molar-refractivity contribution in [3.8, 4) is 0 Å². The van der Waals surface area contributed by atoms with Gasteiger partial charge in [-0.05, 0) is 42.4 Å². The molecular weight excluding hydrogens is 468 g/mol. The van der Waals surface area contributed by atoms with Gasteiger partial charge in [-0.15, -0.1) is 11.3 Å². The molecule has 2 atom stereocenters. The van der Waals surface area contributed by atoms with Gasteiger partial charge in [-0.1, -0.05) is 37.6 Å². The molecule has 2 aromatic rings. The maximum atomic E-state index is 13.4. The summed E-state index contributed by atoms with van der Waals surface area (Å²) in [4.78, 5) is 36.2. The van der Waals surface area contributed by atoms with Crippen LogP contribution in [-0.2, 0) is 9.59 Å². The molecule has 0 spiro atoms. The minimum Gasteiger partial charge on any atom is -0.343 e. The number of hydrogen-bond acceptors (Lipinski definition) is 5. The van der Waals surface area contributed by atoms with E-state index in [9.17, 15) is 9.59 Å². The first kappa shape index (κ1) is 25.1. The fourth-order valence-corrected chi connectivity index (χ4v) is 6.21. The first-order valence-electron chi connectivity index (χ1n) is 12.3. The molecule has 8 heteroatoms. The van der Waals surface area contributed by atoms with Gasteiger partial charge in [-0.2, -0.15) is 0 Å². The van der Waals surface area contributed by atoms with E-state index < -0.39 is 0 Å². The number of carbonyl (C=O) groups excluding carboxylic acids is 2. The molecule has 1 aromatic heterocycles. The highest BCUT2D eigenvalue weighted by atomic mass is 35.5. The largest absolute Gasteiger partial charge is 0.343 e. The fraction of sp³-hybridized carbons (Fsp3) is 0.577. The zero-order chi connectivity index (χ0) is 24.2. The van der Waals surface area contributed by atoms with Crippen LogP contribution in [0.1, 0.15) is 56.6 Å². The smallest absolute Gasteiger partial charge is 0.223 e. The van der Waals surface area contributed by atoms with Gasteiger partial charge in [-0.25, -0.2) is 4.98 Å². The Bertz CT molecular complexity index is 958. The highest BCUT2D eigenvalue weighted by Crippen LogP contribution is 2.34. The van der Waals surface area contributed by atoms with Crippen LogP contribution in [0.5, 0.6) is 0 Å². The second-order valence-corrected chi connectivity index (χ2v) is 11.2. The average molecular weight is 503 g/mol. The van der Waals surface area contributed by atoms with Crippen molar-refractivity contribution in [3.05, 3.63) is 51.4 Å². The Kier molecular flexibility index (Phi) is 8.27. The maximum Gasteiger partial charge on any atom is 0.223 e. The number of piperidine rings is 1. The first-order chi connectivity index (χ1) is 16.3. The van der Waals surface area contributed by atoms with Gasteiger partial charge < -0.3 is 9.80 Å². The van der Waals surface area contributed by atoms with Crippen molar-refractivity contribution < 1.29 is 9.59 Å². The number of halogens is 1. The standard InChI is InChI=1S/C26H35ClN4O2S/c1-18(2)23-17-30(25(26-28-10-15-34-26)21-4-6-22(27)7-5-21)13-14-31(23)24(33)16-20-8-11-29(12-9-20)19(3)32/h4-7,10,15,18,20,23,25H,8-9,11-14,16-17H2,1-3H3/t23-,25?/m1/s1. The summed E-state index contributed by atoms with van der Waals surface area (Å²) in [5.74, 6) is 1.12. The lowest BCUT2D eigenvalue weighted by atomic mass is 9.91. The number of carbonyl (C=O) groups is 2. The van der Waals surface area contributed by atoms with Crippen molar-refractivity contribution in [2.24, 2.45) is 11.8 Å². The minimum absolute atomic E-state index is 0.0617. The van der Waals surface area contributed by atoms with E-state index in [-0.39, 0.29) is 23.9 Å². The number of piperazine rings is 1. The second-order valence-electron chi connectivity index (χ2n) is 9.87. The van der Waals surface area contributed by atoms with Gasteiger partial charge in [0.1, 0.15) is 5.01 Å². The Labute approximate surface area is 211 Å². The van der Waals surface area contributed by atoms with E-state index in [1.807, 2.05) is 28.6 Å². The number of nitrogens with zero attached hydrogens (tertiary/aromatic N) is 4. The summed E-state index contributed by atoms with van der Waals surface area (Å²) in [7, 11) is 0. The number of benzene rings is 1. The molecule has 1 unspecified atom stereocenters. The van der Waals surface area contributed by atoms with Gasteiger partial charge in [0.05, 0.1) is 6.04 Å². The third-order valence-electron chi connectivity index (χ3n) is 7.30. The molecule has 2 fully saturated rings. The van der Waals surface area contributed by atoms with Crippen molar-refractivity contribution in [2.45, 2.75) is 52.1 Å². The summed E-state index contributed by atoms with van der Waals surface area (Å²) in [5.41, 5.74) is 1.18. The molecule has 3 heterocycles. The van der Waals surface area contributed by atoms with Gasteiger partial charge in [0, 0.05) is 68.7 Å². The monoisotopic (exact) mass is 502 g/mol. The zero-order valence-electron chi connectivity index (χ0n) is 20.3. The normalized spacial score (nSPS) is 21.1. The molecule has 184 valence electrons. The summed E-state index contributed by atoms with van der Waals surface area (Å²) in [6.07, 6.45) is 4.28. The highest BCUT2D eigenvalue weighted by Gasteiger charge is 2.37. The lowest BCUT2D eigenvalue weighted by Gasteiger charge is -2.46. The molecular formula is C26H35ClN4O2S. The molecule has 0 N–H and O–H groups in total. The van der Waals surface area contributed by atoms with Crippen LogP contribution in [0.15, 0.2) is 35.8 Å². The van der Waals surface area contributed by atoms with E-state index in [1.165, 1.54) is 5.56 Å². The Morgan fingerprint density at radius 1 is 1.12 bits per heavy atom. The molecule has 2 saturated heterocycles. The number of amides is 2. The molecule has 2 aliphatic rings. The van der Waals surface area contributed by atoms with Crippen molar-refractivity contribution in [3.63, 3.8) is 0 Å². The van der Waals surface area contributed by atoms with Crippen LogP contribution in [0.2, 0.25) is 5.02 Å². The van der Waals surface area contributed by atoms with Crippen LogP contribution in [0.25, 0.3) is 0 Å². The first-order valence-corrected chi connectivity index (χ1v) is 13.5. The van der Waals surface area contributed by atoms with E-state index in [0.29, 0.717) is 18.3 Å². The fourth-order valence-electron chi connectivity index (χ4n) is 5.29. The summed E-state index contributed by atoms with van der Waals surface area (Å²) in [6, 6.07) is 8.27. The summed E-state index contributed by atoms with van der Waals surface area (Å²) in [6.45, 7) is 9.94. The molecule has 34 heavy (non-hydrogen) atoms. The Morgan fingerprint density at radius 2 is 1.82 bits per heavy atom. The van der Waals surface area contributed by atoms with Gasteiger partial charge in [0.25, 0.3) is 0 Å². The second kappa shape index (κ2) is 11.2. The summed E-state index contributed by atoms with van der Waals surface area (Å²) >= 11 is 7.83. The number of rotatable bonds is 6. The van der Waals surface area contributed by atoms with Crippen LogP contribution >= 0.6 is 22.9 Å². The molecule has 1 aromatic carbocycles. The lowest BCUT2D eigenvalue weighted by molar-refractivity contribution is -0.139. The molecule has 6 nitrogen and oxygen atoms in total. The number of hydrogen-bond donors (Lipinski definition) is 0. The zero-order valence-corrected chi connectivity index (χ0v) is 21.9. The molecule has 2 aliphatic heterocycles. The molecule has 2 amide bonds. The lowest BCUT2D eigenvalue weighted by Crippen LogP contribution is -2.58. The maximum absolute atomic E-state index is 13.4. The Hall–Kier alpha value is -1.96. The van der Waals surface area contributed by atoms with Crippen molar-refractivity contribution in [1.29, 1.82) is 0 Å². The third-order valence-corrected chi connectivity index (χ3v) is 8.38. The minimum atomic E-state index is 0.0617. The summed E-state index contributed by atoms with van der Waals surface area (Å²) in [5, 5.41) is 3.82. The van der Waals surface area contributed by atoms with Crippen LogP contribution in [-0.4, -0.2) is 70.3 Å². The van der Waals surface area contributed by atoms with Gasteiger partial charge in [0.2, 0.25) is 11.8 Å². The number of aromatic nitrogens is 1. The van der Waals surface area contributed by atoms with Gasteiger partial charge >= 0.3 is 0 Å². The molecule has 0 bridgehead atoms. The Morgan fingerprint density at radius 3 is 2.41 bits per heavy atom.